The van der Waals surface area contributed by atoms with Gasteiger partial charge in [-0.25, -0.2) is 15.0 Å². The van der Waals surface area contributed by atoms with E-state index in [2.05, 4.69) is 41.1 Å². The third-order valence-electron chi connectivity index (χ3n) is 4.17. The molecule has 3 heterocycles. The molecule has 3 rings (SSSR count). The number of nitrogens with two attached hydrogens (primary N) is 1. The molecule has 1 aliphatic heterocycles. The van der Waals surface area contributed by atoms with Crippen LogP contribution in [0.5, 0.6) is 0 Å². The summed E-state index contributed by atoms with van der Waals surface area (Å²) in [5.41, 5.74) is 6.72. The predicted octanol–water partition coefficient (Wildman–Crippen LogP) is 2.35. The highest BCUT2D eigenvalue weighted by atomic mass is 79.9. The maximum absolute atomic E-state index is 11.6. The zero-order valence-electron chi connectivity index (χ0n) is 13.8. The number of nitrogens with zero attached hydrogens (tertiary/aromatic N) is 4. The Morgan fingerprint density at radius 3 is 2.72 bits per heavy atom. The Labute approximate surface area is 153 Å². The number of nitrogen functional groups attached to an aromatic ring is 1. The molecule has 0 unspecified atom stereocenters. The molecule has 132 valence electrons. The molecule has 0 bridgehead atoms. The van der Waals surface area contributed by atoms with Crippen LogP contribution in [0.2, 0.25) is 0 Å². The number of hydrogen-bond acceptors (Lipinski definition) is 8. The van der Waals surface area contributed by atoms with Crippen LogP contribution in [0.25, 0.3) is 0 Å². The Hall–Kier alpha value is -2.42. The molecule has 25 heavy (non-hydrogen) atoms. The average molecular weight is 407 g/mol. The number of halogens is 1. The number of rotatable bonds is 4. The van der Waals surface area contributed by atoms with Crippen LogP contribution in [0, 0.1) is 5.92 Å². The molecule has 3 N–H and O–H groups in total. The third-order valence-corrected chi connectivity index (χ3v) is 4.63. The quantitative estimate of drug-likeness (QED) is 0.744. The molecule has 2 aromatic heterocycles. The fourth-order valence-electron chi connectivity index (χ4n) is 2.80. The molecule has 0 aliphatic carbocycles. The Morgan fingerprint density at radius 2 is 2.08 bits per heavy atom. The van der Waals surface area contributed by atoms with Crippen LogP contribution < -0.4 is 16.0 Å². The van der Waals surface area contributed by atoms with Gasteiger partial charge < -0.3 is 20.7 Å². The number of esters is 1. The minimum Gasteiger partial charge on any atom is -0.469 e. The highest BCUT2D eigenvalue weighted by Crippen LogP contribution is 2.31. The minimum absolute atomic E-state index is 0.0612. The average Bonchev–Trinajstić information content (AvgIpc) is 2.65. The van der Waals surface area contributed by atoms with E-state index in [1.165, 1.54) is 13.4 Å². The van der Waals surface area contributed by atoms with Gasteiger partial charge in [-0.1, -0.05) is 0 Å². The number of anilines is 4. The fourth-order valence-corrected chi connectivity index (χ4v) is 3.04. The van der Waals surface area contributed by atoms with Gasteiger partial charge in [0.25, 0.3) is 0 Å². The van der Waals surface area contributed by atoms with Crippen molar-refractivity contribution in [2.75, 3.05) is 36.1 Å². The number of aromatic nitrogens is 3. The zero-order valence-corrected chi connectivity index (χ0v) is 15.4. The first-order valence-corrected chi connectivity index (χ1v) is 8.69. The second-order valence-electron chi connectivity index (χ2n) is 5.73. The smallest absolute Gasteiger partial charge is 0.308 e. The molecule has 0 radical (unpaired) electrons. The highest BCUT2D eigenvalue weighted by Gasteiger charge is 2.27. The van der Waals surface area contributed by atoms with Gasteiger partial charge in [0.15, 0.2) is 11.6 Å². The summed E-state index contributed by atoms with van der Waals surface area (Å²) in [6.45, 7) is 1.38. The Kier molecular flexibility index (Phi) is 5.32. The van der Waals surface area contributed by atoms with Crippen molar-refractivity contribution >= 4 is 45.0 Å². The van der Waals surface area contributed by atoms with E-state index >= 15 is 0 Å². The van der Waals surface area contributed by atoms with E-state index in [0.29, 0.717) is 49.1 Å². The normalized spacial score (nSPS) is 15.0. The van der Waals surface area contributed by atoms with Crippen molar-refractivity contribution in [1.82, 2.24) is 15.0 Å². The van der Waals surface area contributed by atoms with Gasteiger partial charge in [0.1, 0.15) is 17.8 Å². The van der Waals surface area contributed by atoms with Crippen molar-refractivity contribution in [2.24, 2.45) is 5.92 Å². The second-order valence-corrected chi connectivity index (χ2v) is 6.65. The lowest BCUT2D eigenvalue weighted by Gasteiger charge is -2.32. The van der Waals surface area contributed by atoms with E-state index in [-0.39, 0.29) is 11.9 Å². The van der Waals surface area contributed by atoms with Gasteiger partial charge in [0.05, 0.1) is 13.0 Å². The number of carbonyl (C=O) groups is 1. The number of piperidine rings is 1. The monoisotopic (exact) mass is 406 g/mol. The number of carbonyl (C=O) groups excluding carboxylic acids is 1. The van der Waals surface area contributed by atoms with E-state index in [1.54, 1.807) is 6.20 Å². The van der Waals surface area contributed by atoms with Gasteiger partial charge in [0, 0.05) is 23.8 Å². The van der Waals surface area contributed by atoms with Crippen molar-refractivity contribution in [3.63, 3.8) is 0 Å². The van der Waals surface area contributed by atoms with Gasteiger partial charge in [-0.15, -0.1) is 0 Å². The van der Waals surface area contributed by atoms with E-state index < -0.39 is 0 Å². The lowest BCUT2D eigenvalue weighted by atomic mass is 9.97. The molecule has 1 fully saturated rings. The van der Waals surface area contributed by atoms with Crippen LogP contribution in [-0.4, -0.2) is 41.1 Å². The molecule has 0 aromatic carbocycles. The van der Waals surface area contributed by atoms with Crippen LogP contribution in [0.3, 0.4) is 0 Å². The highest BCUT2D eigenvalue weighted by molar-refractivity contribution is 9.10. The number of methoxy groups -OCH3 is 1. The van der Waals surface area contributed by atoms with E-state index in [1.807, 2.05) is 12.1 Å². The van der Waals surface area contributed by atoms with Crippen LogP contribution in [0.15, 0.2) is 29.1 Å². The zero-order chi connectivity index (χ0) is 17.8. The van der Waals surface area contributed by atoms with E-state index in [0.717, 1.165) is 4.47 Å². The summed E-state index contributed by atoms with van der Waals surface area (Å²) >= 11 is 3.35. The van der Waals surface area contributed by atoms with Crippen molar-refractivity contribution < 1.29 is 9.53 Å². The van der Waals surface area contributed by atoms with Crippen molar-refractivity contribution in [3.05, 3.63) is 29.1 Å². The van der Waals surface area contributed by atoms with Crippen LogP contribution in [0.1, 0.15) is 12.8 Å². The molecular formula is C16H19BrN6O2. The number of ether oxygens (including phenoxy) is 1. The Balaban J connectivity index is 1.73. The minimum atomic E-state index is -0.154. The Bertz CT molecular complexity index is 747. The molecule has 0 atom stereocenters. The maximum Gasteiger partial charge on any atom is 0.308 e. The molecule has 2 aromatic rings. The second kappa shape index (κ2) is 7.64. The van der Waals surface area contributed by atoms with Crippen molar-refractivity contribution in [3.8, 4) is 0 Å². The molecule has 1 aliphatic rings. The molecule has 0 amide bonds. The summed E-state index contributed by atoms with van der Waals surface area (Å²) in [7, 11) is 1.42. The number of pyridine rings is 1. The third kappa shape index (κ3) is 3.98. The van der Waals surface area contributed by atoms with Gasteiger partial charge >= 0.3 is 5.97 Å². The van der Waals surface area contributed by atoms with Crippen LogP contribution in [-0.2, 0) is 9.53 Å². The van der Waals surface area contributed by atoms with Crippen molar-refractivity contribution in [2.45, 2.75) is 12.8 Å². The van der Waals surface area contributed by atoms with Crippen LogP contribution >= 0.6 is 15.9 Å². The molecule has 9 heteroatoms. The van der Waals surface area contributed by atoms with Gasteiger partial charge in [0.2, 0.25) is 0 Å². The number of nitrogens with one attached hydrogen (secondary N) is 1. The first-order valence-electron chi connectivity index (χ1n) is 7.90. The molecular weight excluding hydrogens is 388 g/mol. The van der Waals surface area contributed by atoms with Gasteiger partial charge in [-0.05, 0) is 40.9 Å². The molecule has 0 saturated carbocycles. The predicted molar refractivity (Wildman–Crippen MR) is 98.6 cm³/mol. The standard InChI is InChI=1S/C16H19BrN6O2/c1-25-16(24)10-4-6-23(7-5-10)15-13(18)14(20-9-21-15)22-12-3-2-11(17)8-19-12/h2-3,8-10H,4-7,18H2,1H3,(H,19,20,21,22). The first-order chi connectivity index (χ1) is 12.1. The summed E-state index contributed by atoms with van der Waals surface area (Å²) in [5.74, 6) is 1.60. The van der Waals surface area contributed by atoms with E-state index in [9.17, 15) is 4.79 Å². The largest absolute Gasteiger partial charge is 0.469 e. The summed E-state index contributed by atoms with van der Waals surface area (Å²) < 4.78 is 5.71. The molecule has 0 spiro atoms. The Morgan fingerprint density at radius 1 is 1.32 bits per heavy atom. The van der Waals surface area contributed by atoms with Gasteiger partial charge in [-0.2, -0.15) is 0 Å². The van der Waals surface area contributed by atoms with E-state index in [4.69, 9.17) is 10.5 Å². The lowest BCUT2D eigenvalue weighted by molar-refractivity contribution is -0.146. The summed E-state index contributed by atoms with van der Waals surface area (Å²) in [4.78, 5) is 26.5. The first kappa shape index (κ1) is 17.4. The summed E-state index contributed by atoms with van der Waals surface area (Å²) in [5, 5.41) is 3.11. The van der Waals surface area contributed by atoms with Crippen molar-refractivity contribution in [1.29, 1.82) is 0 Å². The topological polar surface area (TPSA) is 106 Å². The maximum atomic E-state index is 11.6. The fraction of sp³-hybridized carbons (Fsp3) is 0.375. The SMILES string of the molecule is COC(=O)C1CCN(c2ncnc(Nc3ccc(Br)cn3)c2N)CC1. The molecule has 8 nitrogen and oxygen atoms in total. The molecule has 1 saturated heterocycles. The summed E-state index contributed by atoms with van der Waals surface area (Å²) in [6.07, 6.45) is 4.60. The number of hydrogen-bond donors (Lipinski definition) is 2. The summed E-state index contributed by atoms with van der Waals surface area (Å²) in [6, 6.07) is 3.71. The van der Waals surface area contributed by atoms with Crippen LogP contribution in [0.4, 0.5) is 23.1 Å². The lowest BCUT2D eigenvalue weighted by Crippen LogP contribution is -2.37. The van der Waals surface area contributed by atoms with Gasteiger partial charge in [-0.3, -0.25) is 4.79 Å².